The van der Waals surface area contributed by atoms with Gasteiger partial charge in [-0.1, -0.05) is 0 Å². The fraction of sp³-hybridized carbons (Fsp3) is 0.462. The molecule has 1 aliphatic rings. The molecule has 4 nitrogen and oxygen atoms in total. The van der Waals surface area contributed by atoms with Gasteiger partial charge in [0, 0.05) is 42.3 Å². The molecular weight excluding hydrogens is 328 g/mol. The van der Waals surface area contributed by atoms with Crippen molar-refractivity contribution in [3.05, 3.63) is 22.7 Å². The maximum absolute atomic E-state index is 12.0. The highest BCUT2D eigenvalue weighted by molar-refractivity contribution is 9.10. The molecule has 0 bridgehead atoms. The van der Waals surface area contributed by atoms with Gasteiger partial charge < -0.3 is 15.4 Å². The summed E-state index contributed by atoms with van der Waals surface area (Å²) in [7, 11) is 1.61. The molecule has 1 unspecified atom stereocenters. The van der Waals surface area contributed by atoms with Crippen LogP contribution in [0.2, 0.25) is 0 Å². The number of hydrogen-bond donors (Lipinski definition) is 2. The molecule has 1 saturated heterocycles. The number of rotatable bonds is 4. The van der Waals surface area contributed by atoms with Crippen molar-refractivity contribution in [1.82, 2.24) is 5.32 Å². The Balaban J connectivity index is 1.90. The van der Waals surface area contributed by atoms with Gasteiger partial charge in [0.1, 0.15) is 5.75 Å². The van der Waals surface area contributed by atoms with Crippen LogP contribution in [0.4, 0.5) is 5.69 Å². The first kappa shape index (κ1) is 14.7. The summed E-state index contributed by atoms with van der Waals surface area (Å²) < 4.78 is 6.08. The molecule has 1 aromatic carbocycles. The molecule has 1 aliphatic heterocycles. The number of thioether (sulfide) groups is 1. The molecule has 0 radical (unpaired) electrons. The first-order valence-electron chi connectivity index (χ1n) is 6.13. The maximum Gasteiger partial charge on any atom is 0.225 e. The first-order chi connectivity index (χ1) is 9.19. The SMILES string of the molecule is COc1cc(NC(=O)CC2CSCCN2)ccc1Br. The van der Waals surface area contributed by atoms with Crippen molar-refractivity contribution < 1.29 is 9.53 Å². The van der Waals surface area contributed by atoms with E-state index in [0.717, 1.165) is 28.2 Å². The maximum atomic E-state index is 12.0. The second-order valence-electron chi connectivity index (χ2n) is 4.33. The lowest BCUT2D eigenvalue weighted by atomic mass is 10.2. The Kier molecular flexibility index (Phi) is 5.54. The van der Waals surface area contributed by atoms with Crippen LogP contribution >= 0.6 is 27.7 Å². The van der Waals surface area contributed by atoms with Gasteiger partial charge in [-0.25, -0.2) is 0 Å². The fourth-order valence-electron chi connectivity index (χ4n) is 1.92. The number of benzene rings is 1. The van der Waals surface area contributed by atoms with Crippen molar-refractivity contribution in [2.45, 2.75) is 12.5 Å². The largest absolute Gasteiger partial charge is 0.495 e. The number of nitrogens with one attached hydrogen (secondary N) is 2. The number of halogens is 1. The Morgan fingerprint density at radius 1 is 1.63 bits per heavy atom. The number of anilines is 1. The average molecular weight is 345 g/mol. The highest BCUT2D eigenvalue weighted by atomic mass is 79.9. The number of amides is 1. The zero-order valence-electron chi connectivity index (χ0n) is 10.7. The molecule has 0 spiro atoms. The van der Waals surface area contributed by atoms with Gasteiger partial charge in [-0.05, 0) is 28.1 Å². The van der Waals surface area contributed by atoms with E-state index in [0.29, 0.717) is 12.2 Å². The molecule has 2 rings (SSSR count). The van der Waals surface area contributed by atoms with Crippen LogP contribution in [-0.4, -0.2) is 37.1 Å². The van der Waals surface area contributed by atoms with E-state index in [-0.39, 0.29) is 11.9 Å². The Morgan fingerprint density at radius 2 is 2.47 bits per heavy atom. The van der Waals surface area contributed by atoms with Crippen molar-refractivity contribution in [2.24, 2.45) is 0 Å². The summed E-state index contributed by atoms with van der Waals surface area (Å²) in [6.07, 6.45) is 0.505. The Labute approximate surface area is 125 Å². The number of ether oxygens (including phenoxy) is 1. The summed E-state index contributed by atoms with van der Waals surface area (Å²) in [5.74, 6) is 2.87. The summed E-state index contributed by atoms with van der Waals surface area (Å²) in [4.78, 5) is 12.0. The molecular formula is C13H17BrN2O2S. The second kappa shape index (κ2) is 7.17. The van der Waals surface area contributed by atoms with E-state index in [2.05, 4.69) is 26.6 Å². The number of methoxy groups -OCH3 is 1. The van der Waals surface area contributed by atoms with Crippen LogP contribution in [0.1, 0.15) is 6.42 Å². The second-order valence-corrected chi connectivity index (χ2v) is 6.33. The van der Waals surface area contributed by atoms with Crippen molar-refractivity contribution in [2.75, 3.05) is 30.5 Å². The third kappa shape index (κ3) is 4.40. The van der Waals surface area contributed by atoms with Crippen LogP contribution in [0.25, 0.3) is 0 Å². The average Bonchev–Trinajstić information content (AvgIpc) is 2.42. The summed E-state index contributed by atoms with van der Waals surface area (Å²) in [6, 6.07) is 5.80. The normalized spacial score (nSPS) is 18.9. The molecule has 1 amide bonds. The predicted molar refractivity (Wildman–Crippen MR) is 83.1 cm³/mol. The quantitative estimate of drug-likeness (QED) is 0.880. The van der Waals surface area contributed by atoms with Crippen LogP contribution in [0.5, 0.6) is 5.75 Å². The van der Waals surface area contributed by atoms with E-state index in [1.54, 1.807) is 7.11 Å². The highest BCUT2D eigenvalue weighted by Gasteiger charge is 2.16. The van der Waals surface area contributed by atoms with Crippen molar-refractivity contribution in [3.8, 4) is 5.75 Å². The number of carbonyl (C=O) groups is 1. The van der Waals surface area contributed by atoms with E-state index >= 15 is 0 Å². The van der Waals surface area contributed by atoms with Gasteiger partial charge in [0.05, 0.1) is 11.6 Å². The molecule has 6 heteroatoms. The van der Waals surface area contributed by atoms with Gasteiger partial charge in [-0.15, -0.1) is 0 Å². The molecule has 1 fully saturated rings. The standard InChI is InChI=1S/C13H17BrN2O2S/c1-18-12-6-9(2-3-11(12)14)16-13(17)7-10-8-19-5-4-15-10/h2-3,6,10,15H,4-5,7-8H2,1H3,(H,16,17). The van der Waals surface area contributed by atoms with Gasteiger partial charge in [0.2, 0.25) is 5.91 Å². The predicted octanol–water partition coefficient (Wildman–Crippen LogP) is 2.49. The Hall–Kier alpha value is -0.720. The Bertz CT molecular complexity index is 450. The smallest absolute Gasteiger partial charge is 0.225 e. The molecule has 2 N–H and O–H groups in total. The highest BCUT2D eigenvalue weighted by Crippen LogP contribution is 2.27. The molecule has 1 heterocycles. The summed E-state index contributed by atoms with van der Waals surface area (Å²) in [5.41, 5.74) is 0.758. The van der Waals surface area contributed by atoms with Crippen LogP contribution in [0.15, 0.2) is 22.7 Å². The van der Waals surface area contributed by atoms with Crippen molar-refractivity contribution in [3.63, 3.8) is 0 Å². The summed E-state index contributed by atoms with van der Waals surface area (Å²) in [6.45, 7) is 0.981. The van der Waals surface area contributed by atoms with E-state index in [9.17, 15) is 4.79 Å². The van der Waals surface area contributed by atoms with Crippen molar-refractivity contribution in [1.29, 1.82) is 0 Å². The lowest BCUT2D eigenvalue weighted by Crippen LogP contribution is -2.39. The van der Waals surface area contributed by atoms with Gasteiger partial charge in [0.25, 0.3) is 0 Å². The molecule has 0 saturated carbocycles. The Morgan fingerprint density at radius 3 is 3.16 bits per heavy atom. The van der Waals surface area contributed by atoms with Crippen LogP contribution in [-0.2, 0) is 4.79 Å². The van der Waals surface area contributed by atoms with Crippen molar-refractivity contribution >= 4 is 39.3 Å². The topological polar surface area (TPSA) is 50.4 Å². The monoisotopic (exact) mass is 344 g/mol. The first-order valence-corrected chi connectivity index (χ1v) is 8.08. The molecule has 104 valence electrons. The van der Waals surface area contributed by atoms with Crippen LogP contribution in [0.3, 0.4) is 0 Å². The molecule has 19 heavy (non-hydrogen) atoms. The number of hydrogen-bond acceptors (Lipinski definition) is 4. The van der Waals surface area contributed by atoms with E-state index in [4.69, 9.17) is 4.74 Å². The summed E-state index contributed by atoms with van der Waals surface area (Å²) in [5, 5.41) is 6.26. The zero-order valence-corrected chi connectivity index (χ0v) is 13.1. The third-order valence-corrected chi connectivity index (χ3v) is 4.65. The third-order valence-electron chi connectivity index (χ3n) is 2.87. The molecule has 1 aromatic rings. The van der Waals surface area contributed by atoms with Crippen LogP contribution < -0.4 is 15.4 Å². The lowest BCUT2D eigenvalue weighted by Gasteiger charge is -2.22. The minimum absolute atomic E-state index is 0.0318. The lowest BCUT2D eigenvalue weighted by molar-refractivity contribution is -0.116. The fourth-order valence-corrected chi connectivity index (χ4v) is 3.28. The molecule has 1 atom stereocenters. The summed E-state index contributed by atoms with van der Waals surface area (Å²) >= 11 is 5.28. The van der Waals surface area contributed by atoms with Gasteiger partial charge in [-0.3, -0.25) is 4.79 Å². The van der Waals surface area contributed by atoms with Gasteiger partial charge >= 0.3 is 0 Å². The van der Waals surface area contributed by atoms with E-state index < -0.39 is 0 Å². The van der Waals surface area contributed by atoms with E-state index in [1.807, 2.05) is 30.0 Å². The minimum atomic E-state index is 0.0318. The molecule has 0 aliphatic carbocycles. The minimum Gasteiger partial charge on any atom is -0.495 e. The zero-order chi connectivity index (χ0) is 13.7. The molecule has 0 aromatic heterocycles. The van der Waals surface area contributed by atoms with Gasteiger partial charge in [-0.2, -0.15) is 11.8 Å². The number of carbonyl (C=O) groups excluding carboxylic acids is 1. The van der Waals surface area contributed by atoms with Gasteiger partial charge in [0.15, 0.2) is 0 Å². The van der Waals surface area contributed by atoms with Crippen LogP contribution in [0, 0.1) is 0 Å². The van der Waals surface area contributed by atoms with E-state index in [1.165, 1.54) is 0 Å².